The SMILES string of the molecule is C[C@@H](NC(=O)NC1CCS(=O)(=O)C1)C(=O)Nc1cccc(Br)c1. The quantitative estimate of drug-likeness (QED) is 0.703. The summed E-state index contributed by atoms with van der Waals surface area (Å²) in [6, 6.07) is 5.38. The molecule has 1 unspecified atom stereocenters. The van der Waals surface area contributed by atoms with Gasteiger partial charge in [0.05, 0.1) is 11.5 Å². The number of rotatable bonds is 4. The Morgan fingerprint density at radius 2 is 2.09 bits per heavy atom. The Hall–Kier alpha value is -1.61. The Bertz CT molecular complexity index is 708. The van der Waals surface area contributed by atoms with E-state index in [0.29, 0.717) is 12.1 Å². The molecule has 126 valence electrons. The summed E-state index contributed by atoms with van der Waals surface area (Å²) < 4.78 is 23.5. The molecule has 0 spiro atoms. The molecule has 2 rings (SSSR count). The monoisotopic (exact) mass is 403 g/mol. The third-order valence-electron chi connectivity index (χ3n) is 3.40. The highest BCUT2D eigenvalue weighted by Gasteiger charge is 2.29. The van der Waals surface area contributed by atoms with Gasteiger partial charge in [-0.15, -0.1) is 0 Å². The molecular weight excluding hydrogens is 386 g/mol. The molecule has 1 aliphatic heterocycles. The minimum atomic E-state index is -3.06. The number of hydrogen-bond acceptors (Lipinski definition) is 4. The van der Waals surface area contributed by atoms with Crippen LogP contribution in [-0.2, 0) is 14.6 Å². The summed E-state index contributed by atoms with van der Waals surface area (Å²) in [5.74, 6) is -0.340. The van der Waals surface area contributed by atoms with Crippen molar-refractivity contribution in [1.82, 2.24) is 10.6 Å². The molecule has 0 aromatic heterocycles. The van der Waals surface area contributed by atoms with E-state index in [0.717, 1.165) is 4.47 Å². The summed E-state index contributed by atoms with van der Waals surface area (Å²) in [4.78, 5) is 23.9. The molecule has 1 saturated heterocycles. The summed E-state index contributed by atoms with van der Waals surface area (Å²) in [5, 5.41) is 7.76. The van der Waals surface area contributed by atoms with E-state index in [-0.39, 0.29) is 17.4 Å². The normalized spacial score (nSPS) is 20.5. The lowest BCUT2D eigenvalue weighted by Crippen LogP contribution is -2.49. The molecule has 0 aliphatic carbocycles. The summed E-state index contributed by atoms with van der Waals surface area (Å²) >= 11 is 3.31. The van der Waals surface area contributed by atoms with Gasteiger partial charge in [-0.1, -0.05) is 22.0 Å². The molecule has 0 radical (unpaired) electrons. The third-order valence-corrected chi connectivity index (χ3v) is 5.66. The van der Waals surface area contributed by atoms with E-state index >= 15 is 0 Å². The van der Waals surface area contributed by atoms with Crippen molar-refractivity contribution in [2.45, 2.75) is 25.4 Å². The zero-order valence-corrected chi connectivity index (χ0v) is 14.9. The molecule has 1 fully saturated rings. The van der Waals surface area contributed by atoms with Crippen molar-refractivity contribution >= 4 is 43.4 Å². The standard InChI is InChI=1S/C14H18BrN3O4S/c1-9(13(19)17-11-4-2-3-10(15)7-11)16-14(20)18-12-5-6-23(21,22)8-12/h2-4,7,9,12H,5-6,8H2,1H3,(H,17,19)(H2,16,18,20)/t9-,12?/m1/s1. The number of sulfone groups is 1. The maximum absolute atomic E-state index is 12.0. The molecule has 7 nitrogen and oxygen atoms in total. The Balaban J connectivity index is 1.82. The fourth-order valence-corrected chi connectivity index (χ4v) is 4.29. The second-order valence-corrected chi connectivity index (χ2v) is 8.58. The van der Waals surface area contributed by atoms with Crippen LogP contribution in [0, 0.1) is 0 Å². The first-order chi connectivity index (χ1) is 10.7. The van der Waals surface area contributed by atoms with E-state index in [1.54, 1.807) is 25.1 Å². The fourth-order valence-electron chi connectivity index (χ4n) is 2.21. The van der Waals surface area contributed by atoms with Crippen LogP contribution >= 0.6 is 15.9 Å². The second kappa shape index (κ2) is 7.31. The van der Waals surface area contributed by atoms with E-state index in [1.165, 1.54) is 0 Å². The highest BCUT2D eigenvalue weighted by Crippen LogP contribution is 2.15. The van der Waals surface area contributed by atoms with Crippen molar-refractivity contribution in [2.24, 2.45) is 0 Å². The molecule has 0 saturated carbocycles. The number of hydrogen-bond donors (Lipinski definition) is 3. The molecule has 1 heterocycles. The molecule has 0 bridgehead atoms. The number of nitrogens with one attached hydrogen (secondary N) is 3. The molecule has 1 aromatic carbocycles. The molecular formula is C14H18BrN3O4S. The average Bonchev–Trinajstić information content (AvgIpc) is 2.77. The number of carbonyl (C=O) groups is 2. The summed E-state index contributed by atoms with van der Waals surface area (Å²) in [6.45, 7) is 1.55. The minimum absolute atomic E-state index is 0.0565. The third kappa shape index (κ3) is 5.51. The Labute approximate surface area is 143 Å². The number of amides is 3. The Morgan fingerprint density at radius 3 is 2.70 bits per heavy atom. The first-order valence-corrected chi connectivity index (χ1v) is 9.70. The number of anilines is 1. The lowest BCUT2D eigenvalue weighted by atomic mass is 10.2. The van der Waals surface area contributed by atoms with Crippen LogP contribution in [0.25, 0.3) is 0 Å². The summed E-state index contributed by atoms with van der Waals surface area (Å²) in [7, 11) is -3.06. The molecule has 3 amide bonds. The maximum Gasteiger partial charge on any atom is 0.315 e. The fraction of sp³-hybridized carbons (Fsp3) is 0.429. The summed E-state index contributed by atoms with van der Waals surface area (Å²) in [6.07, 6.45) is 0.397. The zero-order valence-electron chi connectivity index (χ0n) is 12.5. The van der Waals surface area contributed by atoms with Gasteiger partial charge in [0.1, 0.15) is 6.04 Å². The number of urea groups is 1. The van der Waals surface area contributed by atoms with Gasteiger partial charge in [-0.05, 0) is 31.5 Å². The van der Waals surface area contributed by atoms with Crippen LogP contribution in [-0.4, -0.2) is 43.9 Å². The molecule has 2 atom stereocenters. The average molecular weight is 404 g/mol. The van der Waals surface area contributed by atoms with Gasteiger partial charge >= 0.3 is 6.03 Å². The molecule has 9 heteroatoms. The van der Waals surface area contributed by atoms with Crippen LogP contribution in [0.3, 0.4) is 0 Å². The van der Waals surface area contributed by atoms with Crippen LogP contribution in [0.2, 0.25) is 0 Å². The number of halogens is 1. The Kier molecular flexibility index (Phi) is 5.64. The van der Waals surface area contributed by atoms with Crippen LogP contribution < -0.4 is 16.0 Å². The van der Waals surface area contributed by atoms with Gasteiger partial charge in [0.2, 0.25) is 5.91 Å². The van der Waals surface area contributed by atoms with E-state index in [9.17, 15) is 18.0 Å². The van der Waals surface area contributed by atoms with Crippen LogP contribution in [0.1, 0.15) is 13.3 Å². The van der Waals surface area contributed by atoms with Crippen molar-refractivity contribution in [3.8, 4) is 0 Å². The predicted octanol–water partition coefficient (Wildman–Crippen LogP) is 1.26. The van der Waals surface area contributed by atoms with Crippen molar-refractivity contribution in [2.75, 3.05) is 16.8 Å². The lowest BCUT2D eigenvalue weighted by Gasteiger charge is -2.17. The van der Waals surface area contributed by atoms with Gasteiger partial charge in [0.25, 0.3) is 0 Å². The van der Waals surface area contributed by atoms with Gasteiger partial charge in [-0.25, -0.2) is 13.2 Å². The smallest absolute Gasteiger partial charge is 0.315 e. The van der Waals surface area contributed by atoms with Gasteiger partial charge in [-0.2, -0.15) is 0 Å². The van der Waals surface area contributed by atoms with E-state index in [4.69, 9.17) is 0 Å². The van der Waals surface area contributed by atoms with Crippen LogP contribution in [0.4, 0.5) is 10.5 Å². The van der Waals surface area contributed by atoms with Crippen LogP contribution in [0.5, 0.6) is 0 Å². The predicted molar refractivity (Wildman–Crippen MR) is 91.0 cm³/mol. The zero-order chi connectivity index (χ0) is 17.0. The largest absolute Gasteiger partial charge is 0.334 e. The number of benzene rings is 1. The maximum atomic E-state index is 12.0. The molecule has 3 N–H and O–H groups in total. The van der Waals surface area contributed by atoms with E-state index < -0.39 is 28.0 Å². The van der Waals surface area contributed by atoms with E-state index in [2.05, 4.69) is 31.9 Å². The van der Waals surface area contributed by atoms with E-state index in [1.807, 2.05) is 6.07 Å². The number of carbonyl (C=O) groups excluding carboxylic acids is 2. The topological polar surface area (TPSA) is 104 Å². The van der Waals surface area contributed by atoms with Gasteiger partial charge in [-0.3, -0.25) is 4.79 Å². The first kappa shape index (κ1) is 17.7. The van der Waals surface area contributed by atoms with Crippen LogP contribution in [0.15, 0.2) is 28.7 Å². The second-order valence-electron chi connectivity index (χ2n) is 5.44. The van der Waals surface area contributed by atoms with Gasteiger partial charge in [0, 0.05) is 16.2 Å². The van der Waals surface area contributed by atoms with Crippen molar-refractivity contribution < 1.29 is 18.0 Å². The van der Waals surface area contributed by atoms with Crippen molar-refractivity contribution in [3.63, 3.8) is 0 Å². The molecule has 1 aliphatic rings. The highest BCUT2D eigenvalue weighted by molar-refractivity contribution is 9.10. The van der Waals surface area contributed by atoms with Gasteiger partial charge < -0.3 is 16.0 Å². The lowest BCUT2D eigenvalue weighted by molar-refractivity contribution is -0.117. The highest BCUT2D eigenvalue weighted by atomic mass is 79.9. The minimum Gasteiger partial charge on any atom is -0.334 e. The Morgan fingerprint density at radius 1 is 1.35 bits per heavy atom. The molecule has 1 aromatic rings. The van der Waals surface area contributed by atoms with Crippen molar-refractivity contribution in [1.29, 1.82) is 0 Å². The molecule has 23 heavy (non-hydrogen) atoms. The first-order valence-electron chi connectivity index (χ1n) is 7.09. The van der Waals surface area contributed by atoms with Crippen molar-refractivity contribution in [3.05, 3.63) is 28.7 Å². The summed E-state index contributed by atoms with van der Waals surface area (Å²) in [5.41, 5.74) is 0.611. The van der Waals surface area contributed by atoms with Gasteiger partial charge in [0.15, 0.2) is 9.84 Å².